The standard InChI is InChI=1S/C22H18N4O5/c1-10-19(11(2)31-26-10)12-3-4-16-18(7-12)24-9-17(21(23)28)20(16)25-14-5-13(22(29)30)6-15(27)8-14/h3-9,27H,1-2H3,(H2,23,28)(H,24,25)(H,29,30). The van der Waals surface area contributed by atoms with Crippen molar-refractivity contribution in [2.75, 3.05) is 5.32 Å². The van der Waals surface area contributed by atoms with Crippen molar-refractivity contribution in [2.45, 2.75) is 13.8 Å². The van der Waals surface area contributed by atoms with E-state index in [2.05, 4.69) is 15.5 Å². The quantitative estimate of drug-likeness (QED) is 0.382. The van der Waals surface area contributed by atoms with Crippen LogP contribution in [-0.2, 0) is 0 Å². The van der Waals surface area contributed by atoms with Crippen molar-refractivity contribution in [3.8, 4) is 16.9 Å². The Hall–Kier alpha value is -4.40. The lowest BCUT2D eigenvalue weighted by atomic mass is 10.0. The zero-order chi connectivity index (χ0) is 22.3. The number of carboxylic acids is 1. The summed E-state index contributed by atoms with van der Waals surface area (Å²) in [5.74, 6) is -1.46. The molecule has 0 bridgehead atoms. The zero-order valence-electron chi connectivity index (χ0n) is 16.6. The highest BCUT2D eigenvalue weighted by atomic mass is 16.5. The molecule has 2 heterocycles. The van der Waals surface area contributed by atoms with Crippen LogP contribution in [0.1, 0.15) is 32.2 Å². The van der Waals surface area contributed by atoms with Crippen LogP contribution in [0.25, 0.3) is 22.0 Å². The van der Waals surface area contributed by atoms with E-state index in [0.29, 0.717) is 22.4 Å². The van der Waals surface area contributed by atoms with Crippen molar-refractivity contribution in [3.63, 3.8) is 0 Å². The number of anilines is 2. The molecule has 9 heteroatoms. The molecule has 1 amide bonds. The van der Waals surface area contributed by atoms with Crippen molar-refractivity contribution in [1.82, 2.24) is 10.1 Å². The SMILES string of the molecule is Cc1noc(C)c1-c1ccc2c(Nc3cc(O)cc(C(=O)O)c3)c(C(N)=O)cnc2c1. The molecule has 0 aliphatic rings. The van der Waals surface area contributed by atoms with Gasteiger partial charge in [-0.3, -0.25) is 9.78 Å². The number of aromatic nitrogens is 2. The van der Waals surface area contributed by atoms with Gasteiger partial charge in [0.2, 0.25) is 0 Å². The number of carboxylic acid groups (broad SMARTS) is 1. The number of carbonyl (C=O) groups is 2. The Bertz CT molecular complexity index is 1340. The maximum absolute atomic E-state index is 12.0. The monoisotopic (exact) mass is 418 g/mol. The summed E-state index contributed by atoms with van der Waals surface area (Å²) in [4.78, 5) is 27.7. The van der Waals surface area contributed by atoms with Gasteiger partial charge < -0.3 is 25.8 Å². The fourth-order valence-corrected chi connectivity index (χ4v) is 3.52. The minimum Gasteiger partial charge on any atom is -0.508 e. The highest BCUT2D eigenvalue weighted by Crippen LogP contribution is 2.34. The van der Waals surface area contributed by atoms with E-state index in [1.807, 2.05) is 26.0 Å². The number of nitrogens with two attached hydrogens (primary N) is 1. The van der Waals surface area contributed by atoms with Crippen molar-refractivity contribution in [2.24, 2.45) is 5.73 Å². The molecule has 9 nitrogen and oxygen atoms in total. The Balaban J connectivity index is 1.88. The number of nitrogens with one attached hydrogen (secondary N) is 1. The van der Waals surface area contributed by atoms with E-state index < -0.39 is 11.9 Å². The second kappa shape index (κ2) is 7.45. The first-order valence-corrected chi connectivity index (χ1v) is 9.25. The molecule has 156 valence electrons. The molecule has 31 heavy (non-hydrogen) atoms. The van der Waals surface area contributed by atoms with Gasteiger partial charge in [0.1, 0.15) is 11.5 Å². The number of benzene rings is 2. The van der Waals surface area contributed by atoms with Gasteiger partial charge in [0, 0.05) is 28.9 Å². The highest BCUT2D eigenvalue weighted by Gasteiger charge is 2.17. The molecule has 4 aromatic rings. The van der Waals surface area contributed by atoms with Gasteiger partial charge in [0.05, 0.1) is 28.0 Å². The van der Waals surface area contributed by atoms with Gasteiger partial charge in [-0.15, -0.1) is 0 Å². The number of aryl methyl sites for hydroxylation is 2. The summed E-state index contributed by atoms with van der Waals surface area (Å²) in [6.07, 6.45) is 1.35. The molecule has 0 fully saturated rings. The number of carbonyl (C=O) groups excluding carboxylic acids is 1. The maximum atomic E-state index is 12.0. The molecule has 0 unspecified atom stereocenters. The number of phenolic OH excluding ortho intramolecular Hbond substituents is 1. The van der Waals surface area contributed by atoms with E-state index in [1.165, 1.54) is 18.3 Å². The first-order chi connectivity index (χ1) is 14.7. The summed E-state index contributed by atoms with van der Waals surface area (Å²) in [7, 11) is 0. The predicted octanol–water partition coefficient (Wildman–Crippen LogP) is 3.75. The Morgan fingerprint density at radius 2 is 1.90 bits per heavy atom. The van der Waals surface area contributed by atoms with Crippen LogP contribution < -0.4 is 11.1 Å². The number of pyridine rings is 1. The molecule has 4 rings (SSSR count). The smallest absolute Gasteiger partial charge is 0.335 e. The number of hydrogen-bond acceptors (Lipinski definition) is 7. The van der Waals surface area contributed by atoms with Crippen molar-refractivity contribution < 1.29 is 24.3 Å². The molecule has 0 atom stereocenters. The van der Waals surface area contributed by atoms with Crippen molar-refractivity contribution in [3.05, 3.63) is 65.2 Å². The number of fused-ring (bicyclic) bond motifs is 1. The average Bonchev–Trinajstić information content (AvgIpc) is 3.05. The minimum absolute atomic E-state index is 0.109. The molecule has 2 aromatic carbocycles. The van der Waals surface area contributed by atoms with Crippen LogP contribution in [-0.4, -0.2) is 32.2 Å². The Kier molecular flexibility index (Phi) is 4.78. The van der Waals surface area contributed by atoms with E-state index in [4.69, 9.17) is 10.3 Å². The Labute approximate surface area is 176 Å². The molecule has 5 N–H and O–H groups in total. The Morgan fingerprint density at radius 3 is 2.55 bits per heavy atom. The number of phenols is 1. The molecule has 0 spiro atoms. The Morgan fingerprint density at radius 1 is 1.13 bits per heavy atom. The molecule has 0 saturated heterocycles. The van der Waals surface area contributed by atoms with Gasteiger partial charge in [-0.1, -0.05) is 17.3 Å². The molecule has 0 aliphatic heterocycles. The van der Waals surface area contributed by atoms with Gasteiger partial charge >= 0.3 is 5.97 Å². The van der Waals surface area contributed by atoms with Gasteiger partial charge in [-0.05, 0) is 37.6 Å². The van der Waals surface area contributed by atoms with E-state index in [9.17, 15) is 19.8 Å². The number of amides is 1. The fourth-order valence-electron chi connectivity index (χ4n) is 3.52. The first kappa shape index (κ1) is 19.9. The molecular formula is C22H18N4O5. The highest BCUT2D eigenvalue weighted by molar-refractivity contribution is 6.08. The predicted molar refractivity (Wildman–Crippen MR) is 114 cm³/mol. The summed E-state index contributed by atoms with van der Waals surface area (Å²) in [6, 6.07) is 9.28. The van der Waals surface area contributed by atoms with Crippen LogP contribution in [0.2, 0.25) is 0 Å². The first-order valence-electron chi connectivity index (χ1n) is 9.25. The third kappa shape index (κ3) is 3.64. The second-order valence-electron chi connectivity index (χ2n) is 7.04. The van der Waals surface area contributed by atoms with Gasteiger partial charge in [-0.2, -0.15) is 0 Å². The number of rotatable bonds is 5. The zero-order valence-corrected chi connectivity index (χ0v) is 16.6. The van der Waals surface area contributed by atoms with E-state index in [1.54, 1.807) is 6.07 Å². The minimum atomic E-state index is -1.20. The summed E-state index contributed by atoms with van der Waals surface area (Å²) in [5, 5.41) is 26.7. The number of hydrogen-bond donors (Lipinski definition) is 4. The van der Waals surface area contributed by atoms with Gasteiger partial charge in [0.25, 0.3) is 5.91 Å². The summed E-state index contributed by atoms with van der Waals surface area (Å²) in [6.45, 7) is 3.66. The molecule has 0 aliphatic carbocycles. The van der Waals surface area contributed by atoms with Crippen LogP contribution in [0.3, 0.4) is 0 Å². The lowest BCUT2D eigenvalue weighted by Crippen LogP contribution is -2.14. The second-order valence-corrected chi connectivity index (χ2v) is 7.04. The molecule has 0 radical (unpaired) electrons. The third-order valence-corrected chi connectivity index (χ3v) is 4.89. The normalized spacial score (nSPS) is 10.9. The van der Waals surface area contributed by atoms with E-state index >= 15 is 0 Å². The van der Waals surface area contributed by atoms with Crippen LogP contribution in [0.5, 0.6) is 5.75 Å². The molecule has 0 saturated carbocycles. The van der Waals surface area contributed by atoms with Crippen molar-refractivity contribution in [1.29, 1.82) is 0 Å². The molecular weight excluding hydrogens is 400 g/mol. The van der Waals surface area contributed by atoms with E-state index in [0.717, 1.165) is 22.9 Å². The lowest BCUT2D eigenvalue weighted by Gasteiger charge is -2.14. The number of aromatic hydroxyl groups is 1. The summed E-state index contributed by atoms with van der Waals surface area (Å²) >= 11 is 0. The van der Waals surface area contributed by atoms with Gasteiger partial charge in [0.15, 0.2) is 0 Å². The van der Waals surface area contributed by atoms with Crippen LogP contribution in [0.15, 0.2) is 47.1 Å². The van der Waals surface area contributed by atoms with Crippen LogP contribution >= 0.6 is 0 Å². The average molecular weight is 418 g/mol. The van der Waals surface area contributed by atoms with Crippen molar-refractivity contribution >= 4 is 34.2 Å². The summed E-state index contributed by atoms with van der Waals surface area (Å²) in [5.41, 5.74) is 9.19. The lowest BCUT2D eigenvalue weighted by molar-refractivity contribution is 0.0696. The van der Waals surface area contributed by atoms with Gasteiger partial charge in [-0.25, -0.2) is 4.79 Å². The number of nitrogens with zero attached hydrogens (tertiary/aromatic N) is 2. The third-order valence-electron chi connectivity index (χ3n) is 4.89. The topological polar surface area (TPSA) is 152 Å². The van der Waals surface area contributed by atoms with Crippen LogP contribution in [0, 0.1) is 13.8 Å². The summed E-state index contributed by atoms with van der Waals surface area (Å²) < 4.78 is 5.24. The molecule has 2 aromatic heterocycles. The largest absolute Gasteiger partial charge is 0.508 e. The number of primary amides is 1. The fraction of sp³-hybridized carbons (Fsp3) is 0.0909. The van der Waals surface area contributed by atoms with E-state index in [-0.39, 0.29) is 22.6 Å². The van der Waals surface area contributed by atoms with Crippen LogP contribution in [0.4, 0.5) is 11.4 Å². The maximum Gasteiger partial charge on any atom is 0.335 e. The number of aromatic carboxylic acids is 1.